The number of aliphatic imine (C=N–C) groups is 2. The summed E-state index contributed by atoms with van der Waals surface area (Å²) in [4.78, 5) is 18.6. The zero-order chi connectivity index (χ0) is 8.72. The molecule has 0 aromatic carbocycles. The van der Waals surface area contributed by atoms with Gasteiger partial charge >= 0.3 is 0 Å². The zero-order valence-electron chi connectivity index (χ0n) is 6.11. The van der Waals surface area contributed by atoms with Gasteiger partial charge in [-0.15, -0.1) is 0 Å². The number of nitrogens with two attached hydrogens (primary N) is 2. The van der Waals surface area contributed by atoms with Gasteiger partial charge in [-0.3, -0.25) is 4.79 Å². The van der Waals surface area contributed by atoms with Gasteiger partial charge in [0.05, 0.1) is 11.4 Å². The summed E-state index contributed by atoms with van der Waals surface area (Å²) in [5.74, 6) is -0.0396. The third-order valence-electron chi connectivity index (χ3n) is 1.55. The van der Waals surface area contributed by atoms with Gasteiger partial charge < -0.3 is 11.5 Å². The number of carbonyl (C=O) groups excluding carboxylic acids is 1. The van der Waals surface area contributed by atoms with Crippen molar-refractivity contribution in [3.8, 4) is 0 Å². The van der Waals surface area contributed by atoms with Crippen LogP contribution in [0.5, 0.6) is 0 Å². The highest BCUT2D eigenvalue weighted by atomic mass is 16.1. The predicted octanol–water partition coefficient (Wildman–Crippen LogP) is -0.935. The van der Waals surface area contributed by atoms with E-state index in [1.807, 2.05) is 0 Å². The van der Waals surface area contributed by atoms with E-state index in [9.17, 15) is 4.79 Å². The van der Waals surface area contributed by atoms with Crippen LogP contribution in [-0.2, 0) is 4.79 Å². The van der Waals surface area contributed by atoms with Crippen molar-refractivity contribution >= 4 is 17.5 Å². The molecule has 0 amide bonds. The molecule has 0 unspecified atom stereocenters. The molecule has 0 saturated heterocycles. The van der Waals surface area contributed by atoms with E-state index in [2.05, 4.69) is 9.98 Å². The molecule has 4 N–H and O–H groups in total. The number of rotatable bonds is 0. The normalized spacial score (nSPS) is 20.8. The van der Waals surface area contributed by atoms with Crippen LogP contribution in [0.3, 0.4) is 0 Å². The number of hydrogen-bond donors (Lipinski definition) is 2. The Bertz CT molecular complexity index is 380. The van der Waals surface area contributed by atoms with E-state index < -0.39 is 0 Å². The molecule has 0 radical (unpaired) electrons. The minimum atomic E-state index is -0.181. The maximum Gasteiger partial charge on any atom is 0.221 e. The minimum absolute atomic E-state index is 0.141. The standard InChI is InChI=1S/C7H6N4O/c8-4-1-3(12)2-5-6(4)11-7(9)10-5/h1-2H,8H2,(H2,9,10). The summed E-state index contributed by atoms with van der Waals surface area (Å²) in [7, 11) is 0. The molecule has 0 atom stereocenters. The van der Waals surface area contributed by atoms with Crippen molar-refractivity contribution in [3.05, 3.63) is 23.5 Å². The molecule has 12 heavy (non-hydrogen) atoms. The number of ketones is 1. The van der Waals surface area contributed by atoms with Crippen LogP contribution in [-0.4, -0.2) is 17.5 Å². The quantitative estimate of drug-likeness (QED) is 0.450. The van der Waals surface area contributed by atoms with E-state index in [-0.39, 0.29) is 11.7 Å². The number of nitrogens with zero attached hydrogens (tertiary/aromatic N) is 2. The Kier molecular flexibility index (Phi) is 1.15. The van der Waals surface area contributed by atoms with Gasteiger partial charge in [0.2, 0.25) is 5.96 Å². The first kappa shape index (κ1) is 6.78. The SMILES string of the molecule is NC1=CC(=O)C=C2N=C(N)N=C12. The molecule has 2 rings (SSSR count). The molecule has 60 valence electrons. The maximum atomic E-state index is 10.9. The Hall–Kier alpha value is -1.91. The molecule has 1 aliphatic heterocycles. The third kappa shape index (κ3) is 0.833. The second-order valence-corrected chi connectivity index (χ2v) is 2.46. The van der Waals surface area contributed by atoms with Crippen LogP contribution < -0.4 is 11.5 Å². The lowest BCUT2D eigenvalue weighted by Gasteiger charge is -2.04. The van der Waals surface area contributed by atoms with E-state index >= 15 is 0 Å². The molecule has 0 fully saturated rings. The average molecular weight is 162 g/mol. The molecular weight excluding hydrogens is 156 g/mol. The van der Waals surface area contributed by atoms with Crippen molar-refractivity contribution in [3.63, 3.8) is 0 Å². The Morgan fingerprint density at radius 3 is 2.67 bits per heavy atom. The molecule has 5 heteroatoms. The Labute approximate surface area is 68.2 Å². The summed E-state index contributed by atoms with van der Waals surface area (Å²) in [5, 5.41) is 0. The van der Waals surface area contributed by atoms with E-state index in [0.717, 1.165) is 0 Å². The second-order valence-electron chi connectivity index (χ2n) is 2.46. The highest BCUT2D eigenvalue weighted by Crippen LogP contribution is 2.16. The molecule has 0 aromatic rings. The lowest BCUT2D eigenvalue weighted by molar-refractivity contribution is -0.110. The van der Waals surface area contributed by atoms with Gasteiger partial charge in [0.1, 0.15) is 5.71 Å². The Balaban J connectivity index is 2.54. The van der Waals surface area contributed by atoms with E-state index in [4.69, 9.17) is 11.5 Å². The van der Waals surface area contributed by atoms with Gasteiger partial charge in [0, 0.05) is 12.2 Å². The van der Waals surface area contributed by atoms with Gasteiger partial charge in [-0.2, -0.15) is 0 Å². The van der Waals surface area contributed by atoms with E-state index in [1.54, 1.807) is 0 Å². The van der Waals surface area contributed by atoms with E-state index in [0.29, 0.717) is 17.1 Å². The summed E-state index contributed by atoms with van der Waals surface area (Å²) < 4.78 is 0. The van der Waals surface area contributed by atoms with Crippen molar-refractivity contribution in [2.45, 2.75) is 0 Å². The highest BCUT2D eigenvalue weighted by Gasteiger charge is 2.21. The average Bonchev–Trinajstić information content (AvgIpc) is 2.29. The topological polar surface area (TPSA) is 93.8 Å². The number of allylic oxidation sites excluding steroid dienone is 2. The fraction of sp³-hybridized carbons (Fsp3) is 0. The number of hydrogen-bond acceptors (Lipinski definition) is 5. The van der Waals surface area contributed by atoms with Crippen LogP contribution in [0.4, 0.5) is 0 Å². The zero-order valence-corrected chi connectivity index (χ0v) is 6.11. The fourth-order valence-electron chi connectivity index (χ4n) is 1.08. The first-order valence-corrected chi connectivity index (χ1v) is 3.33. The van der Waals surface area contributed by atoms with Gasteiger partial charge in [0.15, 0.2) is 5.78 Å². The highest BCUT2D eigenvalue weighted by molar-refractivity contribution is 6.27. The van der Waals surface area contributed by atoms with Crippen molar-refractivity contribution in [1.82, 2.24) is 0 Å². The van der Waals surface area contributed by atoms with Crippen molar-refractivity contribution in [1.29, 1.82) is 0 Å². The minimum Gasteiger partial charge on any atom is -0.397 e. The molecular formula is C7H6N4O. The van der Waals surface area contributed by atoms with Gasteiger partial charge in [0.25, 0.3) is 0 Å². The van der Waals surface area contributed by atoms with Crippen molar-refractivity contribution in [2.75, 3.05) is 0 Å². The summed E-state index contributed by atoms with van der Waals surface area (Å²) >= 11 is 0. The summed E-state index contributed by atoms with van der Waals surface area (Å²) in [6, 6.07) is 0. The first-order chi connectivity index (χ1) is 5.66. The van der Waals surface area contributed by atoms with Crippen LogP contribution in [0.1, 0.15) is 0 Å². The lowest BCUT2D eigenvalue weighted by atomic mass is 10.1. The number of guanidine groups is 1. The largest absolute Gasteiger partial charge is 0.397 e. The van der Waals surface area contributed by atoms with Crippen molar-refractivity contribution < 1.29 is 4.79 Å². The molecule has 0 aromatic heterocycles. The Morgan fingerprint density at radius 2 is 1.92 bits per heavy atom. The van der Waals surface area contributed by atoms with Gasteiger partial charge in [-0.25, -0.2) is 9.98 Å². The van der Waals surface area contributed by atoms with Gasteiger partial charge in [-0.05, 0) is 0 Å². The molecule has 0 saturated carbocycles. The van der Waals surface area contributed by atoms with Crippen LogP contribution in [0, 0.1) is 0 Å². The van der Waals surface area contributed by atoms with Crippen LogP contribution in [0.2, 0.25) is 0 Å². The predicted molar refractivity (Wildman–Crippen MR) is 44.4 cm³/mol. The van der Waals surface area contributed by atoms with Crippen LogP contribution in [0.25, 0.3) is 0 Å². The Morgan fingerprint density at radius 1 is 1.17 bits per heavy atom. The van der Waals surface area contributed by atoms with Gasteiger partial charge in [-0.1, -0.05) is 0 Å². The molecule has 1 heterocycles. The van der Waals surface area contributed by atoms with Crippen LogP contribution >= 0.6 is 0 Å². The summed E-state index contributed by atoms with van der Waals surface area (Å²) in [5.41, 5.74) is 12.1. The molecule has 0 bridgehead atoms. The second kappa shape index (κ2) is 2.04. The first-order valence-electron chi connectivity index (χ1n) is 3.33. The lowest BCUT2D eigenvalue weighted by Crippen LogP contribution is -2.17. The maximum absolute atomic E-state index is 10.9. The summed E-state index contributed by atoms with van der Waals surface area (Å²) in [6.07, 6.45) is 2.66. The molecule has 0 spiro atoms. The number of carbonyl (C=O) groups is 1. The van der Waals surface area contributed by atoms with Crippen molar-refractivity contribution in [2.24, 2.45) is 21.5 Å². The molecule has 2 aliphatic rings. The third-order valence-corrected chi connectivity index (χ3v) is 1.55. The fourth-order valence-corrected chi connectivity index (χ4v) is 1.08. The van der Waals surface area contributed by atoms with E-state index in [1.165, 1.54) is 12.2 Å². The number of fused-ring (bicyclic) bond motifs is 1. The molecule has 1 aliphatic carbocycles. The summed E-state index contributed by atoms with van der Waals surface area (Å²) in [6.45, 7) is 0. The molecule has 5 nitrogen and oxygen atoms in total. The smallest absolute Gasteiger partial charge is 0.221 e. The van der Waals surface area contributed by atoms with Crippen LogP contribution in [0.15, 0.2) is 33.5 Å². The monoisotopic (exact) mass is 162 g/mol.